The minimum absolute atomic E-state index is 0.0578. The fourth-order valence-electron chi connectivity index (χ4n) is 1.18. The maximum atomic E-state index is 8.85. The second kappa shape index (κ2) is 3.12. The van der Waals surface area contributed by atoms with Gasteiger partial charge in [0.15, 0.2) is 0 Å². The van der Waals surface area contributed by atoms with Crippen molar-refractivity contribution in [2.24, 2.45) is 5.73 Å². The number of hydrogen-bond acceptors (Lipinski definition) is 4. The molecular weight excluding hydrogens is 168 g/mol. The molecule has 5 nitrogen and oxygen atoms in total. The van der Waals surface area contributed by atoms with Crippen LogP contribution in [0.3, 0.4) is 0 Å². The summed E-state index contributed by atoms with van der Waals surface area (Å²) in [5.41, 5.74) is 7.42. The number of aliphatic hydroxyl groups excluding tert-OH is 1. The molecule has 2 aromatic heterocycles. The van der Waals surface area contributed by atoms with Crippen molar-refractivity contribution < 1.29 is 5.11 Å². The zero-order chi connectivity index (χ0) is 9.26. The normalized spacial score (nSPS) is 13.4. The van der Waals surface area contributed by atoms with Gasteiger partial charge in [-0.25, -0.2) is 4.52 Å². The van der Waals surface area contributed by atoms with Crippen molar-refractivity contribution in [3.8, 4) is 0 Å². The Bertz CT molecular complexity index is 411. The Balaban J connectivity index is 2.48. The molecule has 2 heterocycles. The highest BCUT2D eigenvalue weighted by molar-refractivity contribution is 5.46. The number of fused-ring (bicyclic) bond motifs is 1. The summed E-state index contributed by atoms with van der Waals surface area (Å²) in [7, 11) is 0. The topological polar surface area (TPSA) is 76.4 Å². The first-order chi connectivity index (χ1) is 6.31. The number of aliphatic hydroxyl groups is 1. The van der Waals surface area contributed by atoms with Gasteiger partial charge in [0.1, 0.15) is 0 Å². The second-order valence-electron chi connectivity index (χ2n) is 2.85. The van der Waals surface area contributed by atoms with Gasteiger partial charge in [0.05, 0.1) is 24.4 Å². The average Bonchev–Trinajstić information content (AvgIpc) is 2.63. The average molecular weight is 178 g/mol. The van der Waals surface area contributed by atoms with Crippen molar-refractivity contribution in [3.05, 3.63) is 30.1 Å². The summed E-state index contributed by atoms with van der Waals surface area (Å²) in [5, 5.41) is 16.4. The summed E-state index contributed by atoms with van der Waals surface area (Å²) in [6.45, 7) is -0.0578. The minimum atomic E-state index is -0.333. The lowest BCUT2D eigenvalue weighted by atomic mass is 10.1. The van der Waals surface area contributed by atoms with Crippen LogP contribution in [0.25, 0.3) is 5.52 Å². The van der Waals surface area contributed by atoms with Crippen molar-refractivity contribution in [3.63, 3.8) is 0 Å². The Morgan fingerprint density at radius 2 is 2.46 bits per heavy atom. The standard InChI is InChI=1S/C8H10N4O/c9-8(5-13)6-1-2-12-7(3-6)4-10-11-12/h1-4,8,13H,5,9H2. The molecule has 3 N–H and O–H groups in total. The monoisotopic (exact) mass is 178 g/mol. The highest BCUT2D eigenvalue weighted by atomic mass is 16.3. The smallest absolute Gasteiger partial charge is 0.0868 e. The summed E-state index contributed by atoms with van der Waals surface area (Å²) in [5.74, 6) is 0. The molecule has 0 aliphatic carbocycles. The van der Waals surface area contributed by atoms with E-state index in [0.29, 0.717) is 0 Å². The maximum absolute atomic E-state index is 8.85. The maximum Gasteiger partial charge on any atom is 0.0868 e. The van der Waals surface area contributed by atoms with Gasteiger partial charge in [0.2, 0.25) is 0 Å². The van der Waals surface area contributed by atoms with E-state index in [9.17, 15) is 0 Å². The molecule has 0 fully saturated rings. The Hall–Kier alpha value is -1.46. The highest BCUT2D eigenvalue weighted by Crippen LogP contribution is 2.11. The van der Waals surface area contributed by atoms with E-state index in [4.69, 9.17) is 10.8 Å². The Morgan fingerprint density at radius 3 is 3.23 bits per heavy atom. The third-order valence-electron chi connectivity index (χ3n) is 1.95. The van der Waals surface area contributed by atoms with Gasteiger partial charge in [-0.1, -0.05) is 5.21 Å². The third kappa shape index (κ3) is 1.39. The van der Waals surface area contributed by atoms with E-state index in [0.717, 1.165) is 11.1 Å². The van der Waals surface area contributed by atoms with Gasteiger partial charge >= 0.3 is 0 Å². The van der Waals surface area contributed by atoms with Gasteiger partial charge in [-0.3, -0.25) is 0 Å². The second-order valence-corrected chi connectivity index (χ2v) is 2.85. The molecule has 2 aromatic rings. The van der Waals surface area contributed by atoms with Crippen molar-refractivity contribution in [2.75, 3.05) is 6.61 Å². The van der Waals surface area contributed by atoms with E-state index in [1.165, 1.54) is 0 Å². The van der Waals surface area contributed by atoms with E-state index in [-0.39, 0.29) is 12.6 Å². The predicted octanol–water partition coefficient (Wildman–Crippen LogP) is -0.279. The van der Waals surface area contributed by atoms with E-state index in [1.807, 2.05) is 12.1 Å². The van der Waals surface area contributed by atoms with Gasteiger partial charge < -0.3 is 10.8 Å². The molecule has 0 aliphatic rings. The Kier molecular flexibility index (Phi) is 1.96. The zero-order valence-electron chi connectivity index (χ0n) is 6.96. The van der Waals surface area contributed by atoms with Crippen molar-refractivity contribution in [1.82, 2.24) is 14.8 Å². The summed E-state index contributed by atoms with van der Waals surface area (Å²) in [4.78, 5) is 0. The van der Waals surface area contributed by atoms with Gasteiger partial charge in [-0.15, -0.1) is 5.10 Å². The molecule has 0 amide bonds. The highest BCUT2D eigenvalue weighted by Gasteiger charge is 2.04. The van der Waals surface area contributed by atoms with Crippen LogP contribution in [0.15, 0.2) is 24.5 Å². The number of rotatable bonds is 2. The van der Waals surface area contributed by atoms with Crippen LogP contribution in [0.4, 0.5) is 0 Å². The van der Waals surface area contributed by atoms with Crippen molar-refractivity contribution >= 4 is 5.52 Å². The molecule has 0 aromatic carbocycles. The molecule has 1 unspecified atom stereocenters. The Morgan fingerprint density at radius 1 is 1.62 bits per heavy atom. The molecule has 2 rings (SSSR count). The van der Waals surface area contributed by atoms with Crippen LogP contribution >= 0.6 is 0 Å². The largest absolute Gasteiger partial charge is 0.394 e. The molecule has 5 heteroatoms. The number of pyridine rings is 1. The fourth-order valence-corrected chi connectivity index (χ4v) is 1.18. The van der Waals surface area contributed by atoms with E-state index < -0.39 is 0 Å². The molecule has 0 aliphatic heterocycles. The summed E-state index contributed by atoms with van der Waals surface area (Å²) >= 11 is 0. The van der Waals surface area contributed by atoms with E-state index in [1.54, 1.807) is 16.9 Å². The molecule has 0 saturated heterocycles. The number of aromatic nitrogens is 3. The minimum Gasteiger partial charge on any atom is -0.394 e. The van der Waals surface area contributed by atoms with Crippen molar-refractivity contribution in [2.45, 2.75) is 6.04 Å². The summed E-state index contributed by atoms with van der Waals surface area (Å²) in [6, 6.07) is 3.35. The van der Waals surface area contributed by atoms with Crippen LogP contribution in [0.5, 0.6) is 0 Å². The molecule has 1 atom stereocenters. The van der Waals surface area contributed by atoms with E-state index >= 15 is 0 Å². The first-order valence-electron chi connectivity index (χ1n) is 3.97. The lowest BCUT2D eigenvalue weighted by Gasteiger charge is -2.07. The summed E-state index contributed by atoms with van der Waals surface area (Å²) < 4.78 is 1.65. The molecule has 13 heavy (non-hydrogen) atoms. The van der Waals surface area contributed by atoms with Crippen LogP contribution in [0.2, 0.25) is 0 Å². The predicted molar refractivity (Wildman–Crippen MR) is 47.0 cm³/mol. The fraction of sp³-hybridized carbons (Fsp3) is 0.250. The van der Waals surface area contributed by atoms with Gasteiger partial charge in [-0.2, -0.15) is 0 Å². The van der Waals surface area contributed by atoms with Gasteiger partial charge in [-0.05, 0) is 17.7 Å². The quantitative estimate of drug-likeness (QED) is 0.663. The SMILES string of the molecule is NC(CO)c1ccn2nncc2c1. The Labute approximate surface area is 74.8 Å². The zero-order valence-corrected chi connectivity index (χ0v) is 6.96. The molecule has 0 bridgehead atoms. The molecule has 0 spiro atoms. The van der Waals surface area contributed by atoms with Gasteiger partial charge in [0, 0.05) is 6.20 Å². The van der Waals surface area contributed by atoms with Crippen LogP contribution in [0.1, 0.15) is 11.6 Å². The number of hydrogen-bond donors (Lipinski definition) is 2. The van der Waals surface area contributed by atoms with E-state index in [2.05, 4.69) is 10.3 Å². The lowest BCUT2D eigenvalue weighted by Crippen LogP contribution is -2.14. The number of nitrogens with two attached hydrogens (primary N) is 1. The molecule has 0 radical (unpaired) electrons. The molecule has 68 valence electrons. The molecule has 0 saturated carbocycles. The summed E-state index contributed by atoms with van der Waals surface area (Å²) in [6.07, 6.45) is 3.42. The van der Waals surface area contributed by atoms with Crippen LogP contribution < -0.4 is 5.73 Å². The van der Waals surface area contributed by atoms with Crippen LogP contribution in [-0.4, -0.2) is 26.5 Å². The van der Waals surface area contributed by atoms with Crippen LogP contribution in [0, 0.1) is 0 Å². The van der Waals surface area contributed by atoms with Gasteiger partial charge in [0.25, 0.3) is 0 Å². The third-order valence-corrected chi connectivity index (χ3v) is 1.95. The molecular formula is C8H10N4O. The lowest BCUT2D eigenvalue weighted by molar-refractivity contribution is 0.268. The van der Waals surface area contributed by atoms with Crippen LogP contribution in [-0.2, 0) is 0 Å². The first-order valence-corrected chi connectivity index (χ1v) is 3.97. The van der Waals surface area contributed by atoms with Crippen molar-refractivity contribution in [1.29, 1.82) is 0 Å². The number of nitrogens with zero attached hydrogens (tertiary/aromatic N) is 3. The first kappa shape index (κ1) is 8.15.